The molecule has 0 aliphatic carbocycles. The van der Waals surface area contributed by atoms with Crippen LogP contribution in [0.2, 0.25) is 0 Å². The fraction of sp³-hybridized carbons (Fsp3) is 0.250. The van der Waals surface area contributed by atoms with E-state index in [9.17, 15) is 0 Å². The van der Waals surface area contributed by atoms with Crippen molar-refractivity contribution in [1.82, 2.24) is 4.98 Å². The Morgan fingerprint density at radius 1 is 1.12 bits per heavy atom. The maximum atomic E-state index is 6.13. The Balaban J connectivity index is 1.59. The summed E-state index contributed by atoms with van der Waals surface area (Å²) in [5, 5.41) is 1.13. The van der Waals surface area contributed by atoms with E-state index in [1.165, 1.54) is 0 Å². The Labute approximate surface area is 141 Å². The lowest BCUT2D eigenvalue weighted by atomic mass is 10.1. The van der Waals surface area contributed by atoms with Crippen molar-refractivity contribution in [3.8, 4) is 5.75 Å². The van der Waals surface area contributed by atoms with E-state index in [1.807, 2.05) is 49.4 Å². The molecule has 0 radical (unpaired) electrons. The molecule has 1 aromatic heterocycles. The summed E-state index contributed by atoms with van der Waals surface area (Å²) < 4.78 is 17.2. The van der Waals surface area contributed by atoms with E-state index in [0.29, 0.717) is 6.61 Å². The van der Waals surface area contributed by atoms with Crippen LogP contribution in [0.3, 0.4) is 0 Å². The number of nitrogens with zero attached hydrogens (tertiary/aromatic N) is 1. The number of rotatable bonds is 4. The van der Waals surface area contributed by atoms with E-state index >= 15 is 0 Å². The Morgan fingerprint density at radius 2 is 2.00 bits per heavy atom. The van der Waals surface area contributed by atoms with E-state index in [-0.39, 0.29) is 6.10 Å². The second-order valence-electron chi connectivity index (χ2n) is 5.92. The van der Waals surface area contributed by atoms with Crippen molar-refractivity contribution in [1.29, 1.82) is 0 Å². The molecule has 0 fully saturated rings. The number of pyridine rings is 1. The van der Waals surface area contributed by atoms with Gasteiger partial charge in [-0.25, -0.2) is 4.98 Å². The van der Waals surface area contributed by atoms with Gasteiger partial charge >= 0.3 is 0 Å². The minimum atomic E-state index is -0.439. The summed E-state index contributed by atoms with van der Waals surface area (Å²) in [4.78, 5) is 4.74. The van der Waals surface area contributed by atoms with Crippen LogP contribution in [0, 0.1) is 0 Å². The smallest absolute Gasteiger partial charge is 0.202 e. The topological polar surface area (TPSA) is 40.6 Å². The van der Waals surface area contributed by atoms with Crippen LogP contribution in [0.5, 0.6) is 5.75 Å². The van der Waals surface area contributed by atoms with E-state index in [0.717, 1.165) is 33.5 Å². The van der Waals surface area contributed by atoms with Crippen molar-refractivity contribution in [3.05, 3.63) is 71.4 Å². The van der Waals surface area contributed by atoms with Gasteiger partial charge in [0, 0.05) is 10.9 Å². The average molecular weight is 321 g/mol. The van der Waals surface area contributed by atoms with Crippen LogP contribution in [0.1, 0.15) is 36.1 Å². The molecule has 2 unspecified atom stereocenters. The molecule has 1 aliphatic heterocycles. The first-order valence-electron chi connectivity index (χ1n) is 8.04. The van der Waals surface area contributed by atoms with Gasteiger partial charge in [-0.1, -0.05) is 30.3 Å². The molecule has 0 bridgehead atoms. The Kier molecular flexibility index (Phi) is 3.92. The van der Waals surface area contributed by atoms with Crippen LogP contribution >= 0.6 is 0 Å². The lowest BCUT2D eigenvalue weighted by Gasteiger charge is -2.19. The molecule has 4 heteroatoms. The lowest BCUT2D eigenvalue weighted by Crippen LogP contribution is -2.08. The lowest BCUT2D eigenvalue weighted by molar-refractivity contribution is -0.167. The first-order chi connectivity index (χ1) is 11.7. The molecule has 0 amide bonds. The molecule has 122 valence electrons. The number of aromatic nitrogens is 1. The van der Waals surface area contributed by atoms with Crippen LogP contribution in [-0.2, 0) is 16.1 Å². The summed E-state index contributed by atoms with van der Waals surface area (Å²) in [6.45, 7) is 2.54. The number of hydrogen-bond acceptors (Lipinski definition) is 4. The van der Waals surface area contributed by atoms with Crippen LogP contribution in [0.4, 0.5) is 0 Å². The molecule has 4 rings (SSSR count). The highest BCUT2D eigenvalue weighted by Crippen LogP contribution is 2.36. The average Bonchev–Trinajstić information content (AvgIpc) is 3.01. The third-order valence-electron chi connectivity index (χ3n) is 4.34. The summed E-state index contributed by atoms with van der Waals surface area (Å²) in [6, 6.07) is 18.1. The van der Waals surface area contributed by atoms with Gasteiger partial charge in [0.25, 0.3) is 0 Å². The number of para-hydroxylation sites is 1. The fourth-order valence-corrected chi connectivity index (χ4v) is 3.00. The van der Waals surface area contributed by atoms with Crippen LogP contribution < -0.4 is 4.74 Å². The summed E-state index contributed by atoms with van der Waals surface area (Å²) in [5.41, 5.74) is 3.98. The predicted octanol–water partition coefficient (Wildman–Crippen LogP) is 4.55. The largest absolute Gasteiger partial charge is 0.497 e. The first kappa shape index (κ1) is 15.1. The van der Waals surface area contributed by atoms with Gasteiger partial charge in [-0.2, -0.15) is 0 Å². The highest BCUT2D eigenvalue weighted by Gasteiger charge is 2.28. The molecule has 2 atom stereocenters. The van der Waals surface area contributed by atoms with Crippen LogP contribution in [0.25, 0.3) is 10.9 Å². The van der Waals surface area contributed by atoms with E-state index in [2.05, 4.69) is 12.1 Å². The van der Waals surface area contributed by atoms with Crippen molar-refractivity contribution in [2.24, 2.45) is 0 Å². The van der Waals surface area contributed by atoms with Crippen LogP contribution in [0.15, 0.2) is 54.6 Å². The normalized spacial score (nSPS) is 17.7. The van der Waals surface area contributed by atoms with Crippen molar-refractivity contribution >= 4 is 10.9 Å². The molecule has 3 aromatic rings. The first-order valence-corrected chi connectivity index (χ1v) is 8.04. The zero-order valence-electron chi connectivity index (χ0n) is 13.7. The molecule has 2 heterocycles. The molecular formula is C20H19NO3. The number of benzene rings is 2. The summed E-state index contributed by atoms with van der Waals surface area (Å²) in [6.07, 6.45) is -0.560. The highest BCUT2D eigenvalue weighted by molar-refractivity contribution is 5.79. The number of ether oxygens (including phenoxy) is 3. The standard InChI is InChI=1S/C20H19NO3/c1-13(14-7-5-8-17(11-14)22-2)24-20-19-16(12-23-20)10-15-6-3-4-9-18(15)21-19/h3-11,13,20H,12H2,1-2H3. The summed E-state index contributed by atoms with van der Waals surface area (Å²) >= 11 is 0. The zero-order valence-corrected chi connectivity index (χ0v) is 13.7. The molecular weight excluding hydrogens is 302 g/mol. The van der Waals surface area contributed by atoms with Gasteiger partial charge < -0.3 is 14.2 Å². The van der Waals surface area contributed by atoms with Crippen LogP contribution in [-0.4, -0.2) is 12.1 Å². The second-order valence-corrected chi connectivity index (χ2v) is 5.92. The summed E-state index contributed by atoms with van der Waals surface area (Å²) in [5.74, 6) is 0.819. The number of hydrogen-bond donors (Lipinski definition) is 0. The zero-order chi connectivity index (χ0) is 16.5. The maximum absolute atomic E-state index is 6.13. The van der Waals surface area contributed by atoms with E-state index < -0.39 is 6.29 Å². The third kappa shape index (κ3) is 2.75. The van der Waals surface area contributed by atoms with Crippen molar-refractivity contribution in [2.45, 2.75) is 25.9 Å². The molecule has 0 spiro atoms. The van der Waals surface area contributed by atoms with E-state index in [1.54, 1.807) is 7.11 Å². The van der Waals surface area contributed by atoms with Crippen molar-refractivity contribution < 1.29 is 14.2 Å². The Bertz CT molecular complexity index is 878. The third-order valence-corrected chi connectivity index (χ3v) is 4.34. The Morgan fingerprint density at radius 3 is 2.88 bits per heavy atom. The minimum absolute atomic E-state index is 0.121. The SMILES string of the molecule is COc1cccc(C(C)OC2OCc3cc4ccccc4nc32)c1. The van der Waals surface area contributed by atoms with E-state index in [4.69, 9.17) is 19.2 Å². The molecule has 0 saturated heterocycles. The molecule has 0 N–H and O–H groups in total. The van der Waals surface area contributed by atoms with Gasteiger partial charge in [-0.05, 0) is 36.8 Å². The molecule has 0 saturated carbocycles. The fourth-order valence-electron chi connectivity index (χ4n) is 3.00. The molecule has 4 nitrogen and oxygen atoms in total. The van der Waals surface area contributed by atoms with Gasteiger partial charge in [-0.15, -0.1) is 0 Å². The number of methoxy groups -OCH3 is 1. The molecule has 1 aliphatic rings. The monoisotopic (exact) mass is 321 g/mol. The molecule has 24 heavy (non-hydrogen) atoms. The van der Waals surface area contributed by atoms with Gasteiger partial charge in [0.2, 0.25) is 6.29 Å². The maximum Gasteiger partial charge on any atom is 0.202 e. The van der Waals surface area contributed by atoms with Gasteiger partial charge in [0.15, 0.2) is 0 Å². The van der Waals surface area contributed by atoms with Gasteiger partial charge in [0.05, 0.1) is 25.3 Å². The van der Waals surface area contributed by atoms with Crippen molar-refractivity contribution in [2.75, 3.05) is 7.11 Å². The second kappa shape index (κ2) is 6.23. The highest BCUT2D eigenvalue weighted by atomic mass is 16.7. The van der Waals surface area contributed by atoms with Crippen molar-refractivity contribution in [3.63, 3.8) is 0 Å². The minimum Gasteiger partial charge on any atom is -0.497 e. The quantitative estimate of drug-likeness (QED) is 0.707. The summed E-state index contributed by atoms with van der Waals surface area (Å²) in [7, 11) is 1.66. The van der Waals surface area contributed by atoms with Gasteiger partial charge in [-0.3, -0.25) is 0 Å². The Hall–Kier alpha value is -2.43. The number of fused-ring (bicyclic) bond motifs is 2. The van der Waals surface area contributed by atoms with Gasteiger partial charge in [0.1, 0.15) is 11.4 Å². The predicted molar refractivity (Wildman–Crippen MR) is 91.8 cm³/mol. The molecule has 2 aromatic carbocycles.